The van der Waals surface area contributed by atoms with E-state index in [1.807, 2.05) is 0 Å². The average molecular weight is 374 g/mol. The summed E-state index contributed by atoms with van der Waals surface area (Å²) in [5, 5.41) is 32.2. The summed E-state index contributed by atoms with van der Waals surface area (Å²) in [5.41, 5.74) is -0.0342. The van der Waals surface area contributed by atoms with E-state index in [9.17, 15) is 20.1 Å². The summed E-state index contributed by atoms with van der Waals surface area (Å²) in [4.78, 5) is 12.5. The molecule has 2 aliphatic carbocycles. The maximum Gasteiger partial charge on any atom is 0.334 e. The minimum atomic E-state index is -1.19. The second-order valence-electron chi connectivity index (χ2n) is 8.16. The molecule has 3 fully saturated rings. The van der Waals surface area contributed by atoms with Gasteiger partial charge in [0.25, 0.3) is 0 Å². The predicted octanol–water partition coefficient (Wildman–Crippen LogP) is 1.22. The van der Waals surface area contributed by atoms with Crippen molar-refractivity contribution < 1.29 is 34.0 Å². The number of aliphatic hydroxyl groups excluding tert-OH is 3. The number of carbonyl (C=O) groups is 1. The Morgan fingerprint density at radius 2 is 2.19 bits per heavy atom. The molecule has 1 spiro atoms. The Morgan fingerprint density at radius 1 is 1.37 bits per heavy atom. The van der Waals surface area contributed by atoms with Gasteiger partial charge in [0.05, 0.1) is 36.8 Å². The van der Waals surface area contributed by atoms with Gasteiger partial charge in [-0.15, -0.1) is 0 Å². The molecule has 2 aliphatic heterocycles. The molecule has 0 amide bonds. The van der Waals surface area contributed by atoms with Crippen LogP contribution in [0.15, 0.2) is 46.8 Å². The zero-order valence-electron chi connectivity index (χ0n) is 14.7. The fourth-order valence-electron chi connectivity index (χ4n) is 5.84. The lowest BCUT2D eigenvalue weighted by Crippen LogP contribution is -2.66. The molecular formula is C20H22O7. The van der Waals surface area contributed by atoms with Gasteiger partial charge in [-0.1, -0.05) is 12.2 Å². The topological polar surface area (TPSA) is 109 Å². The molecule has 3 heterocycles. The van der Waals surface area contributed by atoms with Gasteiger partial charge in [-0.05, 0) is 30.9 Å². The molecule has 7 nitrogen and oxygen atoms in total. The maximum atomic E-state index is 12.5. The van der Waals surface area contributed by atoms with Gasteiger partial charge in [0.15, 0.2) is 6.29 Å². The molecule has 4 aliphatic rings. The van der Waals surface area contributed by atoms with Crippen molar-refractivity contribution in [2.75, 3.05) is 6.61 Å². The van der Waals surface area contributed by atoms with Gasteiger partial charge in [-0.3, -0.25) is 0 Å². The summed E-state index contributed by atoms with van der Waals surface area (Å²) in [6.07, 6.45) is 2.05. The molecule has 2 bridgehead atoms. The lowest BCUT2D eigenvalue weighted by Gasteiger charge is -2.62. The minimum Gasteiger partial charge on any atom is -0.472 e. The number of carbonyl (C=O) groups excluding carboxylic acids is 1. The number of rotatable bonds is 3. The van der Waals surface area contributed by atoms with Gasteiger partial charge in [0.1, 0.15) is 6.10 Å². The normalized spacial score (nSPS) is 43.7. The van der Waals surface area contributed by atoms with Crippen LogP contribution in [0.3, 0.4) is 0 Å². The number of esters is 1. The number of ether oxygens (including phenoxy) is 2. The van der Waals surface area contributed by atoms with Gasteiger partial charge < -0.3 is 29.2 Å². The van der Waals surface area contributed by atoms with Gasteiger partial charge in [-0.25, -0.2) is 4.79 Å². The zero-order chi connectivity index (χ0) is 19.0. The fraction of sp³-hybridized carbons (Fsp3) is 0.550. The molecule has 7 atom stereocenters. The standard InChI is InChI=1S/C20H22O7/c1-10-4-16-20-9-26-18(24)19(10,7-14(22)11-2-3-25-8-11)15(20)6-12(21)5-13(20)17(23)27-16/h2-3,5,8,12,14-16,18,21-22,24H,1,4,6-7,9H2/t12-,14+,15-,16+,18+,19-,20+/m1/s1. The first-order valence-electron chi connectivity index (χ1n) is 9.19. The van der Waals surface area contributed by atoms with Crippen molar-refractivity contribution in [3.05, 3.63) is 48.0 Å². The molecule has 1 saturated carbocycles. The quantitative estimate of drug-likeness (QED) is 0.539. The van der Waals surface area contributed by atoms with E-state index in [1.165, 1.54) is 12.5 Å². The van der Waals surface area contributed by atoms with Crippen molar-refractivity contribution in [2.45, 2.75) is 43.9 Å². The van der Waals surface area contributed by atoms with E-state index in [-0.39, 0.29) is 18.9 Å². The van der Waals surface area contributed by atoms with E-state index in [0.717, 1.165) is 0 Å². The Bertz CT molecular complexity index is 827. The van der Waals surface area contributed by atoms with Crippen LogP contribution in [0.2, 0.25) is 0 Å². The highest BCUT2D eigenvalue weighted by Crippen LogP contribution is 2.68. The number of hydrogen-bond acceptors (Lipinski definition) is 7. The maximum absolute atomic E-state index is 12.5. The predicted molar refractivity (Wildman–Crippen MR) is 90.9 cm³/mol. The number of furan rings is 1. The Kier molecular flexibility index (Phi) is 3.53. The molecule has 1 aromatic heterocycles. The average Bonchev–Trinajstić information content (AvgIpc) is 3.24. The molecule has 2 saturated heterocycles. The van der Waals surface area contributed by atoms with Crippen LogP contribution in [0.4, 0.5) is 0 Å². The van der Waals surface area contributed by atoms with E-state index in [2.05, 4.69) is 6.58 Å². The Morgan fingerprint density at radius 3 is 2.93 bits per heavy atom. The van der Waals surface area contributed by atoms with Crippen LogP contribution in [0, 0.1) is 16.7 Å². The summed E-state index contributed by atoms with van der Waals surface area (Å²) in [6, 6.07) is 1.67. The van der Waals surface area contributed by atoms with E-state index in [4.69, 9.17) is 13.9 Å². The summed E-state index contributed by atoms with van der Waals surface area (Å²) in [6.45, 7) is 4.32. The van der Waals surface area contributed by atoms with E-state index >= 15 is 0 Å². The van der Waals surface area contributed by atoms with Gasteiger partial charge in [0, 0.05) is 23.0 Å². The molecule has 144 valence electrons. The number of hydrogen-bond donors (Lipinski definition) is 3. The summed E-state index contributed by atoms with van der Waals surface area (Å²) >= 11 is 0. The molecule has 5 rings (SSSR count). The molecular weight excluding hydrogens is 352 g/mol. The molecule has 0 aromatic carbocycles. The van der Waals surface area contributed by atoms with Crippen molar-refractivity contribution in [1.29, 1.82) is 0 Å². The first-order valence-corrected chi connectivity index (χ1v) is 9.19. The van der Waals surface area contributed by atoms with Crippen molar-refractivity contribution >= 4 is 5.97 Å². The van der Waals surface area contributed by atoms with E-state index in [0.29, 0.717) is 29.6 Å². The lowest BCUT2D eigenvalue weighted by atomic mass is 9.45. The van der Waals surface area contributed by atoms with Gasteiger partial charge in [-0.2, -0.15) is 0 Å². The summed E-state index contributed by atoms with van der Waals surface area (Å²) in [5.74, 6) is -0.772. The van der Waals surface area contributed by atoms with Crippen LogP contribution < -0.4 is 0 Å². The monoisotopic (exact) mass is 374 g/mol. The van der Waals surface area contributed by atoms with Gasteiger partial charge >= 0.3 is 5.97 Å². The second-order valence-corrected chi connectivity index (χ2v) is 8.16. The van der Waals surface area contributed by atoms with Crippen LogP contribution in [0.1, 0.15) is 30.9 Å². The van der Waals surface area contributed by atoms with Gasteiger partial charge in [0.2, 0.25) is 0 Å². The molecule has 0 radical (unpaired) electrons. The van der Waals surface area contributed by atoms with Crippen LogP contribution >= 0.6 is 0 Å². The summed E-state index contributed by atoms with van der Waals surface area (Å²) < 4.78 is 16.5. The molecule has 0 unspecified atom stereocenters. The fourth-order valence-corrected chi connectivity index (χ4v) is 5.84. The van der Waals surface area contributed by atoms with E-state index in [1.54, 1.807) is 12.1 Å². The van der Waals surface area contributed by atoms with Crippen LogP contribution in [0.25, 0.3) is 0 Å². The highest BCUT2D eigenvalue weighted by Gasteiger charge is 2.72. The van der Waals surface area contributed by atoms with Crippen LogP contribution in [0.5, 0.6) is 0 Å². The summed E-state index contributed by atoms with van der Waals surface area (Å²) in [7, 11) is 0. The third-order valence-corrected chi connectivity index (χ3v) is 7.09. The van der Waals surface area contributed by atoms with E-state index < -0.39 is 41.4 Å². The molecule has 1 aromatic rings. The molecule has 27 heavy (non-hydrogen) atoms. The second kappa shape index (κ2) is 5.54. The number of aliphatic hydroxyl groups is 3. The molecule has 7 heteroatoms. The third kappa shape index (κ3) is 2.03. The lowest BCUT2D eigenvalue weighted by molar-refractivity contribution is -0.284. The zero-order valence-corrected chi connectivity index (χ0v) is 14.7. The van der Waals surface area contributed by atoms with Crippen LogP contribution in [-0.2, 0) is 14.3 Å². The minimum absolute atomic E-state index is 0.143. The Balaban J connectivity index is 1.64. The largest absolute Gasteiger partial charge is 0.472 e. The third-order valence-electron chi connectivity index (χ3n) is 7.09. The first-order chi connectivity index (χ1) is 12.9. The van der Waals surface area contributed by atoms with Crippen molar-refractivity contribution in [3.8, 4) is 0 Å². The highest BCUT2D eigenvalue weighted by atomic mass is 16.6. The smallest absolute Gasteiger partial charge is 0.334 e. The van der Waals surface area contributed by atoms with Crippen molar-refractivity contribution in [2.24, 2.45) is 16.7 Å². The van der Waals surface area contributed by atoms with Crippen molar-refractivity contribution in [3.63, 3.8) is 0 Å². The van der Waals surface area contributed by atoms with Crippen LogP contribution in [-0.4, -0.2) is 46.4 Å². The first kappa shape index (κ1) is 17.2. The SMILES string of the molecule is C=C1C[C@@H]2OC(=O)C3=C[C@@H](O)C[C@H]4[C@]32CO[C@H](O)[C@]14C[C@H](O)c1ccoc1. The molecule has 3 N–H and O–H groups in total. The van der Waals surface area contributed by atoms with Crippen molar-refractivity contribution in [1.82, 2.24) is 0 Å². The Labute approximate surface area is 155 Å². The Hall–Kier alpha value is -1.93. The highest BCUT2D eigenvalue weighted by molar-refractivity contribution is 5.93.